The Morgan fingerprint density at radius 1 is 1.41 bits per heavy atom. The Morgan fingerprint density at radius 3 is 2.71 bits per heavy atom. The Morgan fingerprint density at radius 2 is 2.12 bits per heavy atom. The smallest absolute Gasteiger partial charge is 0.337 e. The standard InChI is InChI=1S/C11H12Cl2O4/c12-8-4-1-3-7(9(8)13)10(11(15)16)17-6-2-5-14/h1,3-4,10,14H,2,5-6H2,(H,15,16). The summed E-state index contributed by atoms with van der Waals surface area (Å²) in [6.07, 6.45) is -0.810. The molecule has 0 heterocycles. The molecule has 0 aliphatic carbocycles. The molecule has 6 heteroatoms. The highest BCUT2D eigenvalue weighted by molar-refractivity contribution is 6.42. The maximum absolute atomic E-state index is 11.1. The largest absolute Gasteiger partial charge is 0.479 e. The molecule has 1 aromatic carbocycles. The molecule has 1 unspecified atom stereocenters. The predicted molar refractivity (Wildman–Crippen MR) is 64.5 cm³/mol. The number of carbonyl (C=O) groups is 1. The van der Waals surface area contributed by atoms with Crippen LogP contribution in [0.3, 0.4) is 0 Å². The molecule has 0 bridgehead atoms. The minimum Gasteiger partial charge on any atom is -0.479 e. The first-order chi connectivity index (χ1) is 8.07. The maximum atomic E-state index is 11.1. The molecule has 0 fully saturated rings. The van der Waals surface area contributed by atoms with Crippen LogP contribution in [0.4, 0.5) is 0 Å². The van der Waals surface area contributed by atoms with Crippen LogP contribution in [-0.2, 0) is 9.53 Å². The SMILES string of the molecule is O=C(O)C(OCCCO)c1cccc(Cl)c1Cl. The Bertz CT molecular complexity index is 395. The summed E-state index contributed by atoms with van der Waals surface area (Å²) in [7, 11) is 0. The van der Waals surface area contributed by atoms with Crippen molar-refractivity contribution in [3.63, 3.8) is 0 Å². The van der Waals surface area contributed by atoms with Gasteiger partial charge in [-0.05, 0) is 12.5 Å². The van der Waals surface area contributed by atoms with E-state index in [0.29, 0.717) is 12.0 Å². The third-order valence-electron chi connectivity index (χ3n) is 2.08. The number of aliphatic carboxylic acids is 1. The van der Waals surface area contributed by atoms with E-state index in [0.717, 1.165) is 0 Å². The van der Waals surface area contributed by atoms with Crippen molar-refractivity contribution in [2.75, 3.05) is 13.2 Å². The third kappa shape index (κ3) is 3.85. The van der Waals surface area contributed by atoms with Gasteiger partial charge in [0, 0.05) is 12.2 Å². The monoisotopic (exact) mass is 278 g/mol. The lowest BCUT2D eigenvalue weighted by Gasteiger charge is -2.15. The zero-order chi connectivity index (χ0) is 12.8. The summed E-state index contributed by atoms with van der Waals surface area (Å²) in [6.45, 7) is 0.0753. The van der Waals surface area contributed by atoms with Gasteiger partial charge >= 0.3 is 5.97 Å². The first kappa shape index (κ1) is 14.3. The predicted octanol–water partition coefficient (Wildman–Crippen LogP) is 2.52. The van der Waals surface area contributed by atoms with Gasteiger partial charge in [0.1, 0.15) is 0 Å². The topological polar surface area (TPSA) is 66.8 Å². The van der Waals surface area contributed by atoms with Crippen molar-refractivity contribution in [2.24, 2.45) is 0 Å². The number of ether oxygens (including phenoxy) is 1. The van der Waals surface area contributed by atoms with Crippen LogP contribution in [0.15, 0.2) is 18.2 Å². The number of benzene rings is 1. The Balaban J connectivity index is 2.90. The number of aliphatic hydroxyl groups is 1. The van der Waals surface area contributed by atoms with Gasteiger partial charge in [-0.15, -0.1) is 0 Å². The average Bonchev–Trinajstić information content (AvgIpc) is 2.29. The molecule has 1 atom stereocenters. The second-order valence-electron chi connectivity index (χ2n) is 3.31. The zero-order valence-corrected chi connectivity index (χ0v) is 10.4. The van der Waals surface area contributed by atoms with E-state index >= 15 is 0 Å². The van der Waals surface area contributed by atoms with Crippen LogP contribution in [0.5, 0.6) is 0 Å². The molecule has 0 aliphatic rings. The summed E-state index contributed by atoms with van der Waals surface area (Å²) >= 11 is 11.7. The lowest BCUT2D eigenvalue weighted by atomic mass is 10.1. The molecular weight excluding hydrogens is 267 g/mol. The van der Waals surface area contributed by atoms with Crippen LogP contribution in [0.1, 0.15) is 18.1 Å². The van der Waals surface area contributed by atoms with Crippen molar-refractivity contribution in [3.05, 3.63) is 33.8 Å². The summed E-state index contributed by atoms with van der Waals surface area (Å²) in [5.74, 6) is -1.15. The molecule has 1 rings (SSSR count). The van der Waals surface area contributed by atoms with Crippen LogP contribution in [0.2, 0.25) is 10.0 Å². The third-order valence-corrected chi connectivity index (χ3v) is 2.91. The van der Waals surface area contributed by atoms with Crippen molar-refractivity contribution >= 4 is 29.2 Å². The molecule has 4 nitrogen and oxygen atoms in total. The van der Waals surface area contributed by atoms with E-state index in [9.17, 15) is 4.79 Å². The van der Waals surface area contributed by atoms with E-state index in [1.807, 2.05) is 0 Å². The van der Waals surface area contributed by atoms with Gasteiger partial charge in [0.15, 0.2) is 6.10 Å². The number of hydrogen-bond donors (Lipinski definition) is 2. The summed E-state index contributed by atoms with van der Waals surface area (Å²) in [6, 6.07) is 4.72. The van der Waals surface area contributed by atoms with Crippen LogP contribution in [-0.4, -0.2) is 29.4 Å². The Hall–Kier alpha value is -0.810. The molecule has 0 saturated carbocycles. The van der Waals surface area contributed by atoms with Gasteiger partial charge in [0.25, 0.3) is 0 Å². The first-order valence-electron chi connectivity index (χ1n) is 4.97. The fourth-order valence-corrected chi connectivity index (χ4v) is 1.69. The van der Waals surface area contributed by atoms with E-state index in [1.54, 1.807) is 18.2 Å². The molecule has 0 amide bonds. The lowest BCUT2D eigenvalue weighted by Crippen LogP contribution is -2.17. The van der Waals surface area contributed by atoms with Gasteiger partial charge in [-0.1, -0.05) is 35.3 Å². The highest BCUT2D eigenvalue weighted by atomic mass is 35.5. The van der Waals surface area contributed by atoms with Crippen LogP contribution in [0, 0.1) is 0 Å². The molecule has 0 saturated heterocycles. The number of hydrogen-bond acceptors (Lipinski definition) is 3. The van der Waals surface area contributed by atoms with Crippen LogP contribution < -0.4 is 0 Å². The van der Waals surface area contributed by atoms with Gasteiger partial charge < -0.3 is 14.9 Å². The molecular formula is C11H12Cl2O4. The molecule has 0 spiro atoms. The number of rotatable bonds is 6. The van der Waals surface area contributed by atoms with Crippen molar-refractivity contribution in [1.29, 1.82) is 0 Å². The molecule has 0 radical (unpaired) electrons. The van der Waals surface area contributed by atoms with Crippen LogP contribution in [0.25, 0.3) is 0 Å². The van der Waals surface area contributed by atoms with E-state index in [2.05, 4.69) is 0 Å². The lowest BCUT2D eigenvalue weighted by molar-refractivity contribution is -0.151. The van der Waals surface area contributed by atoms with E-state index in [1.165, 1.54) is 0 Å². The quantitative estimate of drug-likeness (QED) is 0.785. The fourth-order valence-electron chi connectivity index (χ4n) is 1.28. The average molecular weight is 279 g/mol. The molecule has 0 aromatic heterocycles. The van der Waals surface area contributed by atoms with Gasteiger partial charge in [-0.2, -0.15) is 0 Å². The molecule has 0 aliphatic heterocycles. The maximum Gasteiger partial charge on any atom is 0.337 e. The van der Waals surface area contributed by atoms with Gasteiger partial charge in [0.2, 0.25) is 0 Å². The number of aliphatic hydroxyl groups excluding tert-OH is 1. The molecule has 17 heavy (non-hydrogen) atoms. The van der Waals surface area contributed by atoms with Crippen molar-refractivity contribution in [3.8, 4) is 0 Å². The minimum atomic E-state index is -1.17. The van der Waals surface area contributed by atoms with Crippen LogP contribution >= 0.6 is 23.2 Å². The van der Waals surface area contributed by atoms with E-state index < -0.39 is 12.1 Å². The first-order valence-corrected chi connectivity index (χ1v) is 5.72. The van der Waals surface area contributed by atoms with Gasteiger partial charge in [0.05, 0.1) is 16.7 Å². The summed E-state index contributed by atoms with van der Waals surface area (Å²) in [5.41, 5.74) is 0.310. The van der Waals surface area contributed by atoms with Crippen molar-refractivity contribution in [2.45, 2.75) is 12.5 Å². The Labute approximate surface area is 109 Å². The summed E-state index contributed by atoms with van der Waals surface area (Å²) in [5, 5.41) is 18.1. The number of carboxylic acids is 1. The second-order valence-corrected chi connectivity index (χ2v) is 4.09. The number of carboxylic acid groups (broad SMARTS) is 1. The summed E-state index contributed by atoms with van der Waals surface area (Å²) < 4.78 is 5.16. The molecule has 1 aromatic rings. The van der Waals surface area contributed by atoms with Gasteiger partial charge in [-0.3, -0.25) is 0 Å². The van der Waals surface area contributed by atoms with E-state index in [4.69, 9.17) is 38.2 Å². The van der Waals surface area contributed by atoms with E-state index in [-0.39, 0.29) is 23.3 Å². The molecule has 2 N–H and O–H groups in total. The zero-order valence-electron chi connectivity index (χ0n) is 8.90. The van der Waals surface area contributed by atoms with Crippen molar-refractivity contribution < 1.29 is 19.7 Å². The minimum absolute atomic E-state index is 0.0599. The number of halogens is 2. The highest BCUT2D eigenvalue weighted by Crippen LogP contribution is 2.31. The normalized spacial score (nSPS) is 12.4. The summed E-state index contributed by atoms with van der Waals surface area (Å²) in [4.78, 5) is 11.1. The second kappa shape index (κ2) is 6.81. The molecule has 94 valence electrons. The Kier molecular flexibility index (Phi) is 5.71. The van der Waals surface area contributed by atoms with Gasteiger partial charge in [-0.25, -0.2) is 4.79 Å². The fraction of sp³-hybridized carbons (Fsp3) is 0.364. The highest BCUT2D eigenvalue weighted by Gasteiger charge is 2.23. The van der Waals surface area contributed by atoms with Crippen molar-refractivity contribution in [1.82, 2.24) is 0 Å².